The maximum atomic E-state index is 9.48. The topological polar surface area (TPSA) is 68.0 Å². The number of hydrogen-bond donors (Lipinski definition) is 2. The normalized spacial score (nSPS) is 11.3. The van der Waals surface area contributed by atoms with Crippen molar-refractivity contribution in [3.8, 4) is 0 Å². The summed E-state index contributed by atoms with van der Waals surface area (Å²) >= 11 is 0. The lowest BCUT2D eigenvalue weighted by Crippen LogP contribution is -2.25. The molecule has 0 amide bonds. The number of hydrogen-bond acceptors (Lipinski definition) is 5. The molecule has 0 aromatic rings. The van der Waals surface area contributed by atoms with Gasteiger partial charge in [0, 0.05) is 19.7 Å². The largest absolute Gasteiger partial charge is 0.379 e. The van der Waals surface area contributed by atoms with Crippen LogP contribution in [0.25, 0.3) is 0 Å². The molecular weight excluding hydrogens is 220 g/mol. The molecule has 0 fully saturated rings. The molecule has 0 radical (unpaired) electrons. The van der Waals surface area contributed by atoms with Crippen molar-refractivity contribution in [2.75, 3.05) is 46.1 Å². The Labute approximate surface area is 105 Å². The maximum Gasteiger partial charge on any atom is 0.0701 e. The van der Waals surface area contributed by atoms with Gasteiger partial charge in [0.2, 0.25) is 0 Å². The zero-order valence-electron chi connectivity index (χ0n) is 11.1. The lowest BCUT2D eigenvalue weighted by molar-refractivity contribution is -0.106. The fourth-order valence-electron chi connectivity index (χ4n) is 1.36. The van der Waals surface area contributed by atoms with E-state index in [1.54, 1.807) is 0 Å². The lowest BCUT2D eigenvalue weighted by Gasteiger charge is -2.14. The average Bonchev–Trinajstić information content (AvgIpc) is 2.33. The first-order valence-corrected chi connectivity index (χ1v) is 6.60. The fourth-order valence-corrected chi connectivity index (χ4v) is 1.36. The van der Waals surface area contributed by atoms with E-state index in [9.17, 15) is 5.21 Å². The van der Waals surface area contributed by atoms with Crippen LogP contribution in [0, 0.1) is 0 Å². The van der Waals surface area contributed by atoms with Crippen LogP contribution in [-0.4, -0.2) is 56.3 Å². The number of unbranched alkanes of at least 4 members (excludes halogenated alkanes) is 2. The highest BCUT2D eigenvalue weighted by Crippen LogP contribution is 1.95. The van der Waals surface area contributed by atoms with Gasteiger partial charge in [-0.1, -0.05) is 13.3 Å². The summed E-state index contributed by atoms with van der Waals surface area (Å²) in [6, 6.07) is 0. The summed E-state index contributed by atoms with van der Waals surface area (Å²) in [7, 11) is 0. The van der Waals surface area contributed by atoms with Gasteiger partial charge in [0.05, 0.1) is 19.8 Å². The van der Waals surface area contributed by atoms with Crippen molar-refractivity contribution < 1.29 is 14.7 Å². The minimum absolute atomic E-state index is 0.545. The summed E-state index contributed by atoms with van der Waals surface area (Å²) in [5.41, 5.74) is 5.39. The molecule has 0 unspecified atom stereocenters. The summed E-state index contributed by atoms with van der Waals surface area (Å²) in [5, 5.41) is 10.8. The maximum absolute atomic E-state index is 9.48. The molecule has 0 spiro atoms. The Morgan fingerprint density at radius 1 is 0.941 bits per heavy atom. The molecule has 0 rings (SSSR count). The Hall–Kier alpha value is -0.200. The first-order chi connectivity index (χ1) is 8.31. The van der Waals surface area contributed by atoms with Gasteiger partial charge in [-0.15, -0.1) is 0 Å². The highest BCUT2D eigenvalue weighted by Gasteiger charge is 1.99. The minimum Gasteiger partial charge on any atom is -0.379 e. The Kier molecular flexibility index (Phi) is 13.7. The van der Waals surface area contributed by atoms with Crippen LogP contribution >= 0.6 is 0 Å². The second-order valence-corrected chi connectivity index (χ2v) is 4.03. The number of hydroxylamine groups is 2. The molecule has 0 saturated carbocycles. The van der Waals surface area contributed by atoms with E-state index in [-0.39, 0.29) is 0 Å². The van der Waals surface area contributed by atoms with Crippen molar-refractivity contribution >= 4 is 0 Å². The van der Waals surface area contributed by atoms with Gasteiger partial charge in [-0.3, -0.25) is 0 Å². The second kappa shape index (κ2) is 13.9. The molecule has 5 nitrogen and oxygen atoms in total. The van der Waals surface area contributed by atoms with E-state index in [2.05, 4.69) is 6.92 Å². The quantitative estimate of drug-likeness (QED) is 0.379. The third kappa shape index (κ3) is 13.7. The van der Waals surface area contributed by atoms with E-state index in [4.69, 9.17) is 15.2 Å². The van der Waals surface area contributed by atoms with Crippen LogP contribution in [0.4, 0.5) is 0 Å². The van der Waals surface area contributed by atoms with Crippen molar-refractivity contribution in [2.24, 2.45) is 5.73 Å². The van der Waals surface area contributed by atoms with Crippen LogP contribution in [-0.2, 0) is 9.47 Å². The number of ether oxygens (including phenoxy) is 2. The van der Waals surface area contributed by atoms with Crippen LogP contribution in [0.15, 0.2) is 0 Å². The third-order valence-corrected chi connectivity index (χ3v) is 2.33. The standard InChI is InChI=1S/C12H28N2O3/c1-2-9-16-11-12-17-10-8-14(15)7-5-3-4-6-13/h15H,2-13H2,1H3. The van der Waals surface area contributed by atoms with Crippen LogP contribution in [0.2, 0.25) is 0 Å². The molecule has 0 heterocycles. The van der Waals surface area contributed by atoms with E-state index in [0.29, 0.717) is 32.9 Å². The minimum atomic E-state index is 0.545. The summed E-state index contributed by atoms with van der Waals surface area (Å²) in [6.07, 6.45) is 4.11. The Morgan fingerprint density at radius 2 is 1.65 bits per heavy atom. The average molecular weight is 248 g/mol. The van der Waals surface area contributed by atoms with Gasteiger partial charge in [0.25, 0.3) is 0 Å². The molecule has 0 bridgehead atoms. The van der Waals surface area contributed by atoms with Crippen molar-refractivity contribution in [2.45, 2.75) is 32.6 Å². The van der Waals surface area contributed by atoms with Crippen LogP contribution in [0.5, 0.6) is 0 Å². The highest BCUT2D eigenvalue weighted by molar-refractivity contribution is 4.48. The summed E-state index contributed by atoms with van der Waals surface area (Å²) < 4.78 is 10.6. The van der Waals surface area contributed by atoms with Gasteiger partial charge in [-0.2, -0.15) is 5.06 Å². The van der Waals surface area contributed by atoms with E-state index in [0.717, 1.165) is 38.8 Å². The van der Waals surface area contributed by atoms with Crippen molar-refractivity contribution in [3.05, 3.63) is 0 Å². The van der Waals surface area contributed by atoms with Crippen molar-refractivity contribution in [3.63, 3.8) is 0 Å². The SMILES string of the molecule is CCCOCCOCCN(O)CCCCCN. The monoisotopic (exact) mass is 248 g/mol. The first kappa shape index (κ1) is 16.8. The molecule has 104 valence electrons. The van der Waals surface area contributed by atoms with Gasteiger partial charge in [0.15, 0.2) is 0 Å². The number of nitrogens with zero attached hydrogens (tertiary/aromatic N) is 1. The molecule has 5 heteroatoms. The number of nitrogens with two attached hydrogens (primary N) is 1. The second-order valence-electron chi connectivity index (χ2n) is 4.03. The molecule has 0 aliphatic rings. The zero-order chi connectivity index (χ0) is 12.8. The summed E-state index contributed by atoms with van der Waals surface area (Å²) in [4.78, 5) is 0. The molecule has 0 aliphatic heterocycles. The van der Waals surface area contributed by atoms with Crippen LogP contribution in [0.3, 0.4) is 0 Å². The predicted molar refractivity (Wildman–Crippen MR) is 68.2 cm³/mol. The summed E-state index contributed by atoms with van der Waals surface area (Å²) in [6.45, 7) is 6.61. The molecule has 17 heavy (non-hydrogen) atoms. The van der Waals surface area contributed by atoms with Gasteiger partial charge in [0.1, 0.15) is 0 Å². The van der Waals surface area contributed by atoms with E-state index in [1.807, 2.05) is 0 Å². The van der Waals surface area contributed by atoms with Crippen LogP contribution in [0.1, 0.15) is 32.6 Å². The van der Waals surface area contributed by atoms with Crippen LogP contribution < -0.4 is 5.73 Å². The summed E-state index contributed by atoms with van der Waals surface area (Å²) in [5.74, 6) is 0. The van der Waals surface area contributed by atoms with E-state index < -0.39 is 0 Å². The predicted octanol–water partition coefficient (Wildman–Crippen LogP) is 1.25. The molecule has 0 atom stereocenters. The molecule has 3 N–H and O–H groups in total. The molecule has 0 aliphatic carbocycles. The van der Waals surface area contributed by atoms with Gasteiger partial charge < -0.3 is 20.4 Å². The van der Waals surface area contributed by atoms with Gasteiger partial charge >= 0.3 is 0 Å². The highest BCUT2D eigenvalue weighted by atomic mass is 16.5. The third-order valence-electron chi connectivity index (χ3n) is 2.33. The van der Waals surface area contributed by atoms with Gasteiger partial charge in [-0.05, 0) is 25.8 Å². The smallest absolute Gasteiger partial charge is 0.0701 e. The molecular formula is C12H28N2O3. The zero-order valence-corrected chi connectivity index (χ0v) is 11.1. The Morgan fingerprint density at radius 3 is 2.29 bits per heavy atom. The lowest BCUT2D eigenvalue weighted by atomic mass is 10.2. The fraction of sp³-hybridized carbons (Fsp3) is 1.00. The Bertz CT molecular complexity index is 148. The first-order valence-electron chi connectivity index (χ1n) is 6.60. The van der Waals surface area contributed by atoms with Crippen molar-refractivity contribution in [1.82, 2.24) is 5.06 Å². The molecule has 0 aromatic carbocycles. The molecule has 0 aromatic heterocycles. The molecule has 0 saturated heterocycles. The van der Waals surface area contributed by atoms with Crippen molar-refractivity contribution in [1.29, 1.82) is 0 Å². The van der Waals surface area contributed by atoms with Gasteiger partial charge in [-0.25, -0.2) is 0 Å². The number of rotatable bonds is 13. The van der Waals surface area contributed by atoms with E-state index >= 15 is 0 Å². The Balaban J connectivity index is 3.08. The van der Waals surface area contributed by atoms with E-state index in [1.165, 1.54) is 5.06 Å².